The first-order chi connectivity index (χ1) is 9.87. The molecule has 4 heteroatoms. The van der Waals surface area contributed by atoms with Crippen LogP contribution in [0.4, 0.5) is 0 Å². The molecule has 1 aromatic rings. The molecular formula is C17H28N2O2. The van der Waals surface area contributed by atoms with Gasteiger partial charge in [-0.2, -0.15) is 0 Å². The standard InChI is InChI=1S/C17H28N2O2/c1-17(2,18)11-13-7-8-15(16(10-13)20-4)21-14-6-5-9-19(3)12-14/h7-8,10,14H,5-6,9,11-12,18H2,1-4H3. The van der Waals surface area contributed by atoms with E-state index in [1.807, 2.05) is 26.0 Å². The van der Waals surface area contributed by atoms with E-state index in [1.165, 1.54) is 12.0 Å². The Labute approximate surface area is 128 Å². The van der Waals surface area contributed by atoms with Crippen LogP contribution in [0, 0.1) is 0 Å². The minimum Gasteiger partial charge on any atom is -0.493 e. The molecule has 21 heavy (non-hydrogen) atoms. The average Bonchev–Trinajstić information content (AvgIpc) is 2.39. The van der Waals surface area contributed by atoms with Crippen molar-refractivity contribution in [3.63, 3.8) is 0 Å². The molecule has 118 valence electrons. The Morgan fingerprint density at radius 1 is 1.33 bits per heavy atom. The zero-order chi connectivity index (χ0) is 15.5. The van der Waals surface area contributed by atoms with E-state index in [1.54, 1.807) is 7.11 Å². The topological polar surface area (TPSA) is 47.7 Å². The SMILES string of the molecule is COc1cc(CC(C)(C)N)ccc1OC1CCCN(C)C1. The van der Waals surface area contributed by atoms with E-state index < -0.39 is 0 Å². The van der Waals surface area contributed by atoms with Gasteiger partial charge in [-0.15, -0.1) is 0 Å². The van der Waals surface area contributed by atoms with Crippen LogP contribution in [-0.2, 0) is 6.42 Å². The molecule has 1 unspecified atom stereocenters. The van der Waals surface area contributed by atoms with Crippen LogP contribution >= 0.6 is 0 Å². The fraction of sp³-hybridized carbons (Fsp3) is 0.647. The van der Waals surface area contributed by atoms with Crippen molar-refractivity contribution in [1.29, 1.82) is 0 Å². The lowest BCUT2D eigenvalue weighted by molar-refractivity contribution is 0.101. The highest BCUT2D eigenvalue weighted by Crippen LogP contribution is 2.31. The Morgan fingerprint density at radius 3 is 2.71 bits per heavy atom. The van der Waals surface area contributed by atoms with Gasteiger partial charge in [0.05, 0.1) is 7.11 Å². The second-order valence-electron chi connectivity index (χ2n) is 6.79. The second kappa shape index (κ2) is 6.67. The summed E-state index contributed by atoms with van der Waals surface area (Å²) in [6.45, 7) is 6.19. The molecule has 0 saturated carbocycles. The quantitative estimate of drug-likeness (QED) is 0.905. The van der Waals surface area contributed by atoms with Crippen molar-refractivity contribution in [2.24, 2.45) is 5.73 Å². The summed E-state index contributed by atoms with van der Waals surface area (Å²) < 4.78 is 11.6. The number of benzene rings is 1. The van der Waals surface area contributed by atoms with Gasteiger partial charge in [0.15, 0.2) is 11.5 Å². The molecule has 0 aromatic heterocycles. The number of nitrogens with two attached hydrogens (primary N) is 1. The van der Waals surface area contributed by atoms with E-state index in [4.69, 9.17) is 15.2 Å². The summed E-state index contributed by atoms with van der Waals surface area (Å²) in [4.78, 5) is 2.31. The summed E-state index contributed by atoms with van der Waals surface area (Å²) in [6.07, 6.45) is 3.35. The number of piperidine rings is 1. The Balaban J connectivity index is 2.09. The number of methoxy groups -OCH3 is 1. The molecule has 1 aromatic carbocycles. The molecule has 0 aliphatic carbocycles. The maximum absolute atomic E-state index is 6.13. The first kappa shape index (κ1) is 16.1. The molecule has 4 nitrogen and oxygen atoms in total. The largest absolute Gasteiger partial charge is 0.493 e. The first-order valence-corrected chi connectivity index (χ1v) is 7.68. The van der Waals surface area contributed by atoms with Crippen molar-refractivity contribution in [3.8, 4) is 11.5 Å². The maximum atomic E-state index is 6.13. The number of rotatable bonds is 5. The van der Waals surface area contributed by atoms with E-state index in [-0.39, 0.29) is 11.6 Å². The third-order valence-electron chi connectivity index (χ3n) is 3.76. The molecule has 0 spiro atoms. The van der Waals surface area contributed by atoms with Crippen molar-refractivity contribution < 1.29 is 9.47 Å². The molecule has 1 aliphatic heterocycles. The van der Waals surface area contributed by atoms with E-state index in [2.05, 4.69) is 18.0 Å². The minimum atomic E-state index is -0.223. The molecule has 2 N–H and O–H groups in total. The molecule has 0 radical (unpaired) electrons. The highest BCUT2D eigenvalue weighted by atomic mass is 16.5. The Morgan fingerprint density at radius 2 is 2.10 bits per heavy atom. The van der Waals surface area contributed by atoms with Crippen LogP contribution in [-0.4, -0.2) is 43.8 Å². The number of hydrogen-bond acceptors (Lipinski definition) is 4. The van der Waals surface area contributed by atoms with Crippen molar-refractivity contribution in [2.75, 3.05) is 27.2 Å². The van der Waals surface area contributed by atoms with Gasteiger partial charge in [0, 0.05) is 12.1 Å². The number of likely N-dealkylation sites (tertiary alicyclic amines) is 1. The van der Waals surface area contributed by atoms with E-state index in [0.29, 0.717) is 0 Å². The van der Waals surface area contributed by atoms with Gasteiger partial charge >= 0.3 is 0 Å². The third kappa shape index (κ3) is 4.90. The third-order valence-corrected chi connectivity index (χ3v) is 3.76. The zero-order valence-electron chi connectivity index (χ0n) is 13.7. The van der Waals surface area contributed by atoms with Crippen molar-refractivity contribution in [3.05, 3.63) is 23.8 Å². The number of ether oxygens (including phenoxy) is 2. The van der Waals surface area contributed by atoms with Crippen LogP contribution < -0.4 is 15.2 Å². The van der Waals surface area contributed by atoms with Crippen molar-refractivity contribution >= 4 is 0 Å². The van der Waals surface area contributed by atoms with Crippen LogP contribution in [0.3, 0.4) is 0 Å². The van der Waals surface area contributed by atoms with Crippen molar-refractivity contribution in [2.45, 2.75) is 44.8 Å². The molecule has 0 bridgehead atoms. The summed E-state index contributed by atoms with van der Waals surface area (Å²) >= 11 is 0. The van der Waals surface area contributed by atoms with E-state index in [0.717, 1.165) is 37.4 Å². The van der Waals surface area contributed by atoms with Crippen LogP contribution in [0.25, 0.3) is 0 Å². The number of nitrogens with zero attached hydrogens (tertiary/aromatic N) is 1. The van der Waals surface area contributed by atoms with Gasteiger partial charge in [-0.1, -0.05) is 6.07 Å². The van der Waals surface area contributed by atoms with Gasteiger partial charge in [-0.3, -0.25) is 0 Å². The maximum Gasteiger partial charge on any atom is 0.161 e. The second-order valence-corrected chi connectivity index (χ2v) is 6.79. The summed E-state index contributed by atoms with van der Waals surface area (Å²) in [5.41, 5.74) is 7.03. The van der Waals surface area contributed by atoms with Gasteiger partial charge in [0.1, 0.15) is 6.10 Å². The molecule has 0 amide bonds. The molecule has 1 aliphatic rings. The molecule has 1 heterocycles. The molecule has 1 fully saturated rings. The van der Waals surface area contributed by atoms with Gasteiger partial charge in [-0.25, -0.2) is 0 Å². The monoisotopic (exact) mass is 292 g/mol. The van der Waals surface area contributed by atoms with Crippen LogP contribution in [0.2, 0.25) is 0 Å². The van der Waals surface area contributed by atoms with Gasteiger partial charge < -0.3 is 20.1 Å². The molecule has 2 rings (SSSR count). The Bertz CT molecular complexity index is 468. The zero-order valence-corrected chi connectivity index (χ0v) is 13.7. The normalized spacial score (nSPS) is 20.3. The van der Waals surface area contributed by atoms with Crippen LogP contribution in [0.1, 0.15) is 32.3 Å². The fourth-order valence-electron chi connectivity index (χ4n) is 2.84. The minimum absolute atomic E-state index is 0.223. The Hall–Kier alpha value is -1.26. The highest BCUT2D eigenvalue weighted by Gasteiger charge is 2.20. The molecule has 1 atom stereocenters. The first-order valence-electron chi connectivity index (χ1n) is 7.68. The lowest BCUT2D eigenvalue weighted by Gasteiger charge is -2.30. The summed E-state index contributed by atoms with van der Waals surface area (Å²) in [7, 11) is 3.83. The van der Waals surface area contributed by atoms with Crippen LogP contribution in [0.5, 0.6) is 11.5 Å². The number of hydrogen-bond donors (Lipinski definition) is 1. The summed E-state index contributed by atoms with van der Waals surface area (Å²) in [5, 5.41) is 0. The summed E-state index contributed by atoms with van der Waals surface area (Å²) in [5.74, 6) is 1.63. The average molecular weight is 292 g/mol. The molecule has 1 saturated heterocycles. The summed E-state index contributed by atoms with van der Waals surface area (Å²) in [6, 6.07) is 6.13. The number of likely N-dealkylation sites (N-methyl/N-ethyl adjacent to an activating group) is 1. The van der Waals surface area contributed by atoms with Crippen molar-refractivity contribution in [1.82, 2.24) is 4.90 Å². The predicted molar refractivity (Wildman–Crippen MR) is 86.1 cm³/mol. The molecular weight excluding hydrogens is 264 g/mol. The van der Waals surface area contributed by atoms with E-state index >= 15 is 0 Å². The van der Waals surface area contributed by atoms with E-state index in [9.17, 15) is 0 Å². The van der Waals surface area contributed by atoms with Crippen LogP contribution in [0.15, 0.2) is 18.2 Å². The highest BCUT2D eigenvalue weighted by molar-refractivity contribution is 5.43. The van der Waals surface area contributed by atoms with Gasteiger partial charge in [-0.05, 0) is 64.4 Å². The Kier molecular flexibility index (Phi) is 5.12. The van der Waals surface area contributed by atoms with Gasteiger partial charge in [0.2, 0.25) is 0 Å². The van der Waals surface area contributed by atoms with Gasteiger partial charge in [0.25, 0.3) is 0 Å². The lowest BCUT2D eigenvalue weighted by atomic mass is 9.96. The predicted octanol–water partition coefficient (Wildman–Crippen LogP) is 2.45. The lowest BCUT2D eigenvalue weighted by Crippen LogP contribution is -2.38. The smallest absolute Gasteiger partial charge is 0.161 e. The fourth-order valence-corrected chi connectivity index (χ4v) is 2.84.